The lowest BCUT2D eigenvalue weighted by molar-refractivity contribution is 0.770. The van der Waals surface area contributed by atoms with Crippen LogP contribution in [0.1, 0.15) is 32.5 Å². The number of nitrogens with one attached hydrogen (secondary N) is 1. The molecule has 0 aliphatic carbocycles. The normalized spacial score (nSPS) is 10.7. The van der Waals surface area contributed by atoms with Gasteiger partial charge < -0.3 is 10.2 Å². The fourth-order valence-electron chi connectivity index (χ4n) is 2.06. The first kappa shape index (κ1) is 14.3. The highest BCUT2D eigenvalue weighted by molar-refractivity contribution is 5.62. The summed E-state index contributed by atoms with van der Waals surface area (Å²) in [7, 11) is 1.88. The molecule has 4 nitrogen and oxygen atoms in total. The number of anilines is 3. The minimum absolute atomic E-state index is 0.302. The Kier molecular flexibility index (Phi) is 4.56. The van der Waals surface area contributed by atoms with Crippen LogP contribution >= 0.6 is 0 Å². The number of hydrogen-bond acceptors (Lipinski definition) is 4. The molecule has 0 atom stereocenters. The fraction of sp³-hybridized carbons (Fsp3) is 0.375. The van der Waals surface area contributed by atoms with Gasteiger partial charge in [0.2, 0.25) is 0 Å². The number of aromatic nitrogens is 2. The molecular formula is C16H22N4. The molecule has 1 aromatic carbocycles. The lowest BCUT2D eigenvalue weighted by Crippen LogP contribution is -2.19. The van der Waals surface area contributed by atoms with Crippen molar-refractivity contribution < 1.29 is 0 Å². The fourth-order valence-corrected chi connectivity index (χ4v) is 2.06. The first-order valence-corrected chi connectivity index (χ1v) is 7.05. The van der Waals surface area contributed by atoms with Gasteiger partial charge in [-0.1, -0.05) is 32.0 Å². The Labute approximate surface area is 120 Å². The zero-order valence-corrected chi connectivity index (χ0v) is 12.6. The van der Waals surface area contributed by atoms with Gasteiger partial charge in [-0.3, -0.25) is 0 Å². The molecule has 0 radical (unpaired) electrons. The average molecular weight is 270 g/mol. The van der Waals surface area contributed by atoms with Crippen LogP contribution in [-0.2, 0) is 0 Å². The Morgan fingerprint density at radius 1 is 1.15 bits per heavy atom. The average Bonchev–Trinajstić information content (AvgIpc) is 2.48. The predicted molar refractivity (Wildman–Crippen MR) is 84.8 cm³/mol. The van der Waals surface area contributed by atoms with Gasteiger partial charge in [-0.25, -0.2) is 9.97 Å². The maximum absolute atomic E-state index is 4.70. The predicted octanol–water partition coefficient (Wildman–Crippen LogP) is 3.80. The number of para-hydroxylation sites is 1. The largest absolute Gasteiger partial charge is 0.373 e. The third-order valence-corrected chi connectivity index (χ3v) is 3.16. The second kappa shape index (κ2) is 6.37. The number of rotatable bonds is 5. The van der Waals surface area contributed by atoms with E-state index in [1.165, 1.54) is 0 Å². The topological polar surface area (TPSA) is 41.0 Å². The number of benzene rings is 1. The Morgan fingerprint density at radius 2 is 1.85 bits per heavy atom. The van der Waals surface area contributed by atoms with Crippen molar-refractivity contribution in [2.45, 2.75) is 26.7 Å². The molecule has 2 aromatic rings. The highest BCUT2D eigenvalue weighted by Gasteiger charge is 2.13. The van der Waals surface area contributed by atoms with Crippen molar-refractivity contribution in [2.24, 2.45) is 0 Å². The molecule has 0 unspecified atom stereocenters. The van der Waals surface area contributed by atoms with E-state index in [0.29, 0.717) is 5.92 Å². The van der Waals surface area contributed by atoms with Gasteiger partial charge in [-0.05, 0) is 19.1 Å². The van der Waals surface area contributed by atoms with Gasteiger partial charge in [0.15, 0.2) is 0 Å². The summed E-state index contributed by atoms with van der Waals surface area (Å²) in [5.74, 6) is 2.95. The summed E-state index contributed by atoms with van der Waals surface area (Å²) in [6, 6.07) is 12.3. The highest BCUT2D eigenvalue weighted by atomic mass is 15.2. The summed E-state index contributed by atoms with van der Waals surface area (Å²) < 4.78 is 0. The number of nitrogens with zero attached hydrogens (tertiary/aromatic N) is 3. The van der Waals surface area contributed by atoms with E-state index in [1.54, 1.807) is 0 Å². The first-order chi connectivity index (χ1) is 9.65. The van der Waals surface area contributed by atoms with E-state index in [-0.39, 0.29) is 0 Å². The first-order valence-electron chi connectivity index (χ1n) is 7.05. The van der Waals surface area contributed by atoms with Gasteiger partial charge >= 0.3 is 0 Å². The van der Waals surface area contributed by atoms with Crippen molar-refractivity contribution in [1.29, 1.82) is 0 Å². The molecule has 20 heavy (non-hydrogen) atoms. The molecule has 1 heterocycles. The molecule has 2 rings (SSSR count). The molecule has 106 valence electrons. The number of hydrogen-bond donors (Lipinski definition) is 1. The Bertz CT molecular complexity index is 552. The molecule has 0 amide bonds. The summed E-state index contributed by atoms with van der Waals surface area (Å²) in [4.78, 5) is 11.4. The molecule has 0 aliphatic rings. The van der Waals surface area contributed by atoms with E-state index in [1.807, 2.05) is 31.3 Å². The lowest BCUT2D eigenvalue weighted by Gasteiger charge is -2.23. The maximum atomic E-state index is 4.70. The van der Waals surface area contributed by atoms with E-state index in [4.69, 9.17) is 4.98 Å². The standard InChI is InChI=1S/C16H22N4/c1-5-20(13-9-7-6-8-10-13)15-11-14(17-4)18-16(19-15)12(2)3/h6-12H,5H2,1-4H3,(H,17,18,19). The minimum Gasteiger partial charge on any atom is -0.373 e. The molecule has 0 aliphatic heterocycles. The van der Waals surface area contributed by atoms with E-state index in [9.17, 15) is 0 Å². The summed E-state index contributed by atoms with van der Waals surface area (Å²) in [6.07, 6.45) is 0. The maximum Gasteiger partial charge on any atom is 0.138 e. The molecule has 0 bridgehead atoms. The Morgan fingerprint density at radius 3 is 2.40 bits per heavy atom. The van der Waals surface area contributed by atoms with Crippen molar-refractivity contribution in [3.8, 4) is 0 Å². The van der Waals surface area contributed by atoms with Gasteiger partial charge in [0, 0.05) is 31.3 Å². The van der Waals surface area contributed by atoms with Crippen LogP contribution in [0.15, 0.2) is 36.4 Å². The SMILES string of the molecule is CCN(c1ccccc1)c1cc(NC)nc(C(C)C)n1. The van der Waals surface area contributed by atoms with E-state index in [2.05, 4.69) is 48.1 Å². The van der Waals surface area contributed by atoms with Crippen molar-refractivity contribution in [3.05, 3.63) is 42.2 Å². The summed E-state index contributed by atoms with van der Waals surface area (Å²) >= 11 is 0. The zero-order valence-electron chi connectivity index (χ0n) is 12.6. The molecule has 0 saturated heterocycles. The summed E-state index contributed by atoms with van der Waals surface area (Å²) in [5.41, 5.74) is 1.14. The third kappa shape index (κ3) is 3.07. The summed E-state index contributed by atoms with van der Waals surface area (Å²) in [5, 5.41) is 3.12. The van der Waals surface area contributed by atoms with Crippen LogP contribution in [0.4, 0.5) is 17.3 Å². The van der Waals surface area contributed by atoms with Crippen LogP contribution in [0, 0.1) is 0 Å². The van der Waals surface area contributed by atoms with Gasteiger partial charge in [-0.2, -0.15) is 0 Å². The van der Waals surface area contributed by atoms with Crippen molar-refractivity contribution in [1.82, 2.24) is 9.97 Å². The van der Waals surface area contributed by atoms with Gasteiger partial charge in [0.1, 0.15) is 17.5 Å². The van der Waals surface area contributed by atoms with Crippen LogP contribution in [0.3, 0.4) is 0 Å². The monoisotopic (exact) mass is 270 g/mol. The molecule has 1 N–H and O–H groups in total. The van der Waals surface area contributed by atoms with Crippen LogP contribution in [-0.4, -0.2) is 23.6 Å². The van der Waals surface area contributed by atoms with Crippen molar-refractivity contribution >= 4 is 17.3 Å². The highest BCUT2D eigenvalue weighted by Crippen LogP contribution is 2.26. The summed E-state index contributed by atoms with van der Waals surface area (Å²) in [6.45, 7) is 7.21. The molecular weight excluding hydrogens is 248 g/mol. The Balaban J connectivity index is 2.46. The second-order valence-electron chi connectivity index (χ2n) is 4.95. The molecule has 0 spiro atoms. The third-order valence-electron chi connectivity index (χ3n) is 3.16. The molecule has 0 saturated carbocycles. The quantitative estimate of drug-likeness (QED) is 0.897. The minimum atomic E-state index is 0.302. The van der Waals surface area contributed by atoms with Crippen molar-refractivity contribution in [2.75, 3.05) is 23.8 Å². The molecule has 0 fully saturated rings. The van der Waals surface area contributed by atoms with E-state index < -0.39 is 0 Å². The lowest BCUT2D eigenvalue weighted by atomic mass is 10.2. The second-order valence-corrected chi connectivity index (χ2v) is 4.95. The van der Waals surface area contributed by atoms with Gasteiger partial charge in [0.05, 0.1) is 0 Å². The van der Waals surface area contributed by atoms with Crippen LogP contribution in [0.25, 0.3) is 0 Å². The van der Waals surface area contributed by atoms with Crippen LogP contribution in [0.2, 0.25) is 0 Å². The van der Waals surface area contributed by atoms with E-state index in [0.717, 1.165) is 29.7 Å². The van der Waals surface area contributed by atoms with Gasteiger partial charge in [0.25, 0.3) is 0 Å². The Hall–Kier alpha value is -2.10. The van der Waals surface area contributed by atoms with Crippen LogP contribution < -0.4 is 10.2 Å². The zero-order chi connectivity index (χ0) is 14.5. The molecule has 1 aromatic heterocycles. The van der Waals surface area contributed by atoms with E-state index >= 15 is 0 Å². The van der Waals surface area contributed by atoms with Crippen LogP contribution in [0.5, 0.6) is 0 Å². The molecule has 4 heteroatoms. The van der Waals surface area contributed by atoms with Gasteiger partial charge in [-0.15, -0.1) is 0 Å². The smallest absolute Gasteiger partial charge is 0.138 e. The van der Waals surface area contributed by atoms with Crippen molar-refractivity contribution in [3.63, 3.8) is 0 Å².